The van der Waals surface area contributed by atoms with Gasteiger partial charge in [-0.15, -0.1) is 10.2 Å². The molecule has 210 valence electrons. The van der Waals surface area contributed by atoms with E-state index in [4.69, 9.17) is 4.84 Å². The third-order valence-electron chi connectivity index (χ3n) is 7.28. The summed E-state index contributed by atoms with van der Waals surface area (Å²) in [5.41, 5.74) is 4.64. The highest BCUT2D eigenvalue weighted by molar-refractivity contribution is 6.07. The molecule has 41 heavy (non-hydrogen) atoms. The molecule has 1 atom stereocenters. The van der Waals surface area contributed by atoms with E-state index >= 15 is 0 Å². The van der Waals surface area contributed by atoms with E-state index in [-0.39, 0.29) is 24.0 Å². The van der Waals surface area contributed by atoms with Gasteiger partial charge >= 0.3 is 0 Å². The fraction of sp³-hybridized carbons (Fsp3) is 0.250. The fourth-order valence-corrected chi connectivity index (χ4v) is 5.10. The summed E-state index contributed by atoms with van der Waals surface area (Å²) in [5, 5.41) is 25.9. The first kappa shape index (κ1) is 27.9. The van der Waals surface area contributed by atoms with Crippen LogP contribution < -0.4 is 10.2 Å². The van der Waals surface area contributed by atoms with Crippen molar-refractivity contribution in [3.8, 4) is 11.1 Å². The summed E-state index contributed by atoms with van der Waals surface area (Å²) in [5.74, 6) is 0.184. The number of halogens is 1. The molecule has 9 heteroatoms. The van der Waals surface area contributed by atoms with E-state index in [1.807, 2.05) is 54.6 Å². The second-order valence-electron chi connectivity index (χ2n) is 9.89. The Bertz CT molecular complexity index is 1470. The number of nitrogens with zero attached hydrogens (tertiary/aromatic N) is 4. The van der Waals surface area contributed by atoms with Crippen molar-refractivity contribution in [1.29, 1.82) is 0 Å². The monoisotopic (exact) mass is 553 g/mol. The van der Waals surface area contributed by atoms with Crippen molar-refractivity contribution < 1.29 is 19.1 Å². The lowest BCUT2D eigenvalue weighted by atomic mass is 9.85. The van der Waals surface area contributed by atoms with Gasteiger partial charge in [-0.2, -0.15) is 0 Å². The lowest BCUT2D eigenvalue weighted by Gasteiger charge is -2.33. The molecule has 1 aliphatic heterocycles. The van der Waals surface area contributed by atoms with Crippen LogP contribution in [0.25, 0.3) is 11.1 Å². The molecule has 8 nitrogen and oxygen atoms in total. The van der Waals surface area contributed by atoms with Gasteiger partial charge in [-0.3, -0.25) is 4.79 Å². The van der Waals surface area contributed by atoms with E-state index in [1.165, 1.54) is 12.1 Å². The third-order valence-corrected chi connectivity index (χ3v) is 7.28. The van der Waals surface area contributed by atoms with E-state index in [9.17, 15) is 14.3 Å². The summed E-state index contributed by atoms with van der Waals surface area (Å²) in [6, 6.07) is 27.0. The maximum absolute atomic E-state index is 13.5. The van der Waals surface area contributed by atoms with Gasteiger partial charge in [0.2, 0.25) is 0 Å². The predicted molar refractivity (Wildman–Crippen MR) is 156 cm³/mol. The number of oxime groups is 1. The van der Waals surface area contributed by atoms with Gasteiger partial charge in [0.15, 0.2) is 11.5 Å². The number of amides is 1. The van der Waals surface area contributed by atoms with Crippen LogP contribution in [-0.2, 0) is 4.84 Å². The van der Waals surface area contributed by atoms with Gasteiger partial charge in [0, 0.05) is 31.1 Å². The Labute approximate surface area is 238 Å². The van der Waals surface area contributed by atoms with Crippen molar-refractivity contribution in [2.75, 3.05) is 31.6 Å². The van der Waals surface area contributed by atoms with Crippen LogP contribution in [0.4, 0.5) is 10.2 Å². The van der Waals surface area contributed by atoms with Crippen LogP contribution in [-0.4, -0.2) is 53.7 Å². The van der Waals surface area contributed by atoms with Gasteiger partial charge in [0.05, 0.1) is 11.8 Å². The number of anilines is 1. The molecular formula is C32H32FN5O3. The molecule has 1 amide bonds. The molecular weight excluding hydrogens is 521 g/mol. The summed E-state index contributed by atoms with van der Waals surface area (Å²) in [4.78, 5) is 20.0. The highest BCUT2D eigenvalue weighted by Crippen LogP contribution is 2.31. The SMILES string of the molecule is CON=C(c1ccccc1-c1ccc(F)cc1)C1CCN(c2ccc(C(=O)NCC(O)c3ccccc3)nn2)CC1. The molecule has 1 aliphatic rings. The van der Waals surface area contributed by atoms with Crippen LogP contribution >= 0.6 is 0 Å². The van der Waals surface area contributed by atoms with Crippen LogP contribution in [0.2, 0.25) is 0 Å². The van der Waals surface area contributed by atoms with Crippen molar-refractivity contribution in [2.45, 2.75) is 18.9 Å². The second kappa shape index (κ2) is 13.1. The highest BCUT2D eigenvalue weighted by atomic mass is 19.1. The number of carbonyl (C=O) groups excluding carboxylic acids is 1. The lowest BCUT2D eigenvalue weighted by Crippen LogP contribution is -2.37. The first-order chi connectivity index (χ1) is 20.0. The number of rotatable bonds is 9. The minimum Gasteiger partial charge on any atom is -0.399 e. The number of carbonyl (C=O) groups is 1. The molecule has 1 fully saturated rings. The molecule has 0 aliphatic carbocycles. The van der Waals surface area contributed by atoms with Gasteiger partial charge in [-0.1, -0.05) is 71.9 Å². The second-order valence-corrected chi connectivity index (χ2v) is 9.89. The standard InChI is InChI=1S/C32H32FN5O3/c1-41-37-31(27-10-6-5-9-26(27)22-11-13-25(33)14-12-22)24-17-19-38(20-18-24)30-16-15-28(35-36-30)32(40)34-21-29(39)23-7-3-2-4-8-23/h2-16,24,29,39H,17-21H2,1H3,(H,34,40). The molecule has 5 rings (SSSR count). The molecule has 4 aromatic rings. The van der Waals surface area contributed by atoms with Crippen molar-refractivity contribution in [1.82, 2.24) is 15.5 Å². The van der Waals surface area contributed by atoms with E-state index in [0.717, 1.165) is 53.9 Å². The first-order valence-corrected chi connectivity index (χ1v) is 13.6. The Hall–Kier alpha value is -4.63. The van der Waals surface area contributed by atoms with Gasteiger partial charge in [-0.05, 0) is 53.8 Å². The smallest absolute Gasteiger partial charge is 0.271 e. The predicted octanol–water partition coefficient (Wildman–Crippen LogP) is 5.01. The number of hydrogen-bond donors (Lipinski definition) is 2. The Morgan fingerprint density at radius 3 is 2.39 bits per heavy atom. The van der Waals surface area contributed by atoms with E-state index in [1.54, 1.807) is 31.4 Å². The number of benzene rings is 3. The Morgan fingerprint density at radius 1 is 1.00 bits per heavy atom. The molecule has 1 saturated heterocycles. The minimum atomic E-state index is -0.803. The number of aliphatic hydroxyl groups is 1. The molecule has 0 saturated carbocycles. The number of aliphatic hydroxyl groups excluding tert-OH is 1. The molecule has 2 N–H and O–H groups in total. The van der Waals surface area contributed by atoms with Crippen molar-refractivity contribution in [2.24, 2.45) is 11.1 Å². The third kappa shape index (κ3) is 6.75. The molecule has 2 heterocycles. The van der Waals surface area contributed by atoms with Crippen molar-refractivity contribution in [3.05, 3.63) is 114 Å². The average molecular weight is 554 g/mol. The van der Waals surface area contributed by atoms with Gasteiger partial charge < -0.3 is 20.2 Å². The lowest BCUT2D eigenvalue weighted by molar-refractivity contribution is 0.0910. The maximum atomic E-state index is 13.5. The fourth-order valence-electron chi connectivity index (χ4n) is 5.10. The Balaban J connectivity index is 1.21. The van der Waals surface area contributed by atoms with E-state index < -0.39 is 12.0 Å². The number of aromatic nitrogens is 2. The minimum absolute atomic E-state index is 0.0788. The first-order valence-electron chi connectivity index (χ1n) is 13.6. The highest BCUT2D eigenvalue weighted by Gasteiger charge is 2.27. The summed E-state index contributed by atoms with van der Waals surface area (Å²) >= 11 is 0. The zero-order valence-corrected chi connectivity index (χ0v) is 22.8. The normalized spacial score (nSPS) is 14.9. The Morgan fingerprint density at radius 2 is 1.71 bits per heavy atom. The van der Waals surface area contributed by atoms with E-state index in [2.05, 4.69) is 25.6 Å². The Kier molecular flexibility index (Phi) is 8.95. The van der Waals surface area contributed by atoms with Crippen molar-refractivity contribution >= 4 is 17.4 Å². The molecule has 1 aromatic heterocycles. The van der Waals surface area contributed by atoms with Crippen LogP contribution in [0.1, 0.15) is 40.6 Å². The summed E-state index contributed by atoms with van der Waals surface area (Å²) < 4.78 is 13.5. The number of hydrogen-bond acceptors (Lipinski definition) is 7. The zero-order chi connectivity index (χ0) is 28.6. The summed E-state index contributed by atoms with van der Waals surface area (Å²) in [6.07, 6.45) is 0.838. The van der Waals surface area contributed by atoms with E-state index in [0.29, 0.717) is 5.82 Å². The van der Waals surface area contributed by atoms with Gasteiger partial charge in [0.25, 0.3) is 5.91 Å². The summed E-state index contributed by atoms with van der Waals surface area (Å²) in [6.45, 7) is 1.54. The molecule has 0 radical (unpaired) electrons. The van der Waals surface area contributed by atoms with Gasteiger partial charge in [0.1, 0.15) is 12.9 Å². The van der Waals surface area contributed by atoms with Crippen LogP contribution in [0.5, 0.6) is 0 Å². The maximum Gasteiger partial charge on any atom is 0.271 e. The van der Waals surface area contributed by atoms with Crippen LogP contribution in [0.15, 0.2) is 96.2 Å². The largest absolute Gasteiger partial charge is 0.399 e. The molecule has 1 unspecified atom stereocenters. The molecule has 3 aromatic carbocycles. The molecule has 0 bridgehead atoms. The zero-order valence-electron chi connectivity index (χ0n) is 22.8. The molecule has 0 spiro atoms. The van der Waals surface area contributed by atoms with Crippen LogP contribution in [0.3, 0.4) is 0 Å². The van der Waals surface area contributed by atoms with Gasteiger partial charge in [-0.25, -0.2) is 4.39 Å². The van der Waals surface area contributed by atoms with Crippen molar-refractivity contribution in [3.63, 3.8) is 0 Å². The van der Waals surface area contributed by atoms with Crippen LogP contribution in [0, 0.1) is 11.7 Å². The quantitative estimate of drug-likeness (QED) is 0.223. The number of piperidine rings is 1. The number of nitrogens with one attached hydrogen (secondary N) is 1. The average Bonchev–Trinajstić information content (AvgIpc) is 3.03. The summed E-state index contributed by atoms with van der Waals surface area (Å²) in [7, 11) is 1.55. The topological polar surface area (TPSA) is 99.9 Å².